The molecule has 4 nitrogen and oxygen atoms in total. The summed E-state index contributed by atoms with van der Waals surface area (Å²) >= 11 is 0. The van der Waals surface area contributed by atoms with E-state index in [2.05, 4.69) is 0 Å². The van der Waals surface area contributed by atoms with Gasteiger partial charge in [-0.25, -0.2) is 4.39 Å². The summed E-state index contributed by atoms with van der Waals surface area (Å²) in [6.07, 6.45) is 2.65. The molecule has 1 saturated carbocycles. The van der Waals surface area contributed by atoms with E-state index in [4.69, 9.17) is 15.2 Å². The van der Waals surface area contributed by atoms with E-state index in [1.165, 1.54) is 14.2 Å². The van der Waals surface area contributed by atoms with E-state index < -0.39 is 11.2 Å². The van der Waals surface area contributed by atoms with E-state index in [0.29, 0.717) is 17.9 Å². The van der Waals surface area contributed by atoms with Crippen molar-refractivity contribution in [3.8, 4) is 17.2 Å². The molecule has 1 fully saturated rings. The molecule has 0 radical (unpaired) electrons. The molecule has 100 valence electrons. The molecule has 0 heterocycles. The van der Waals surface area contributed by atoms with E-state index in [1.807, 2.05) is 0 Å². The fourth-order valence-corrected chi connectivity index (χ4v) is 2.61. The van der Waals surface area contributed by atoms with Gasteiger partial charge in [0.1, 0.15) is 0 Å². The molecule has 0 unspecified atom stereocenters. The van der Waals surface area contributed by atoms with Gasteiger partial charge < -0.3 is 20.3 Å². The second-order valence-electron chi connectivity index (χ2n) is 4.66. The number of benzene rings is 1. The average molecular weight is 255 g/mol. The third-order valence-corrected chi connectivity index (χ3v) is 3.83. The molecule has 0 aliphatic heterocycles. The van der Waals surface area contributed by atoms with E-state index in [1.54, 1.807) is 0 Å². The van der Waals surface area contributed by atoms with E-state index in [-0.39, 0.29) is 11.5 Å². The van der Waals surface area contributed by atoms with Crippen molar-refractivity contribution in [3.63, 3.8) is 0 Å². The number of phenolic OH excluding ortho intramolecular Hbond substituents is 1. The number of rotatable bonds is 4. The molecule has 3 N–H and O–H groups in total. The molecule has 0 saturated heterocycles. The van der Waals surface area contributed by atoms with Gasteiger partial charge in [-0.15, -0.1) is 0 Å². The number of phenols is 1. The van der Waals surface area contributed by atoms with Crippen LogP contribution in [0.15, 0.2) is 6.07 Å². The van der Waals surface area contributed by atoms with Gasteiger partial charge in [0.2, 0.25) is 0 Å². The summed E-state index contributed by atoms with van der Waals surface area (Å²) in [6, 6.07) is 1.13. The van der Waals surface area contributed by atoms with Crippen molar-refractivity contribution >= 4 is 0 Å². The minimum atomic E-state index is -0.706. The van der Waals surface area contributed by atoms with Crippen molar-refractivity contribution in [2.24, 2.45) is 5.73 Å². The lowest BCUT2D eigenvalue weighted by atomic mass is 9.64. The lowest BCUT2D eigenvalue weighted by Crippen LogP contribution is -2.42. The number of hydrogen-bond acceptors (Lipinski definition) is 4. The lowest BCUT2D eigenvalue weighted by molar-refractivity contribution is 0.228. The molecular formula is C13H18FNO3. The minimum Gasteiger partial charge on any atom is -0.505 e. The Balaban J connectivity index is 2.66. The number of halogens is 1. The molecule has 1 aliphatic rings. The van der Waals surface area contributed by atoms with Crippen LogP contribution in [0, 0.1) is 5.82 Å². The highest BCUT2D eigenvalue weighted by Gasteiger charge is 2.43. The first-order chi connectivity index (χ1) is 8.59. The molecule has 0 amide bonds. The Bertz CT molecular complexity index is 453. The standard InChI is InChI=1S/C13H18FNO3/c1-17-9-6-8(14)11(16)10(12(9)18-2)13(7-15)4-3-5-13/h6,16H,3-5,7,15H2,1-2H3. The predicted molar refractivity (Wildman–Crippen MR) is 65.8 cm³/mol. The van der Waals surface area contributed by atoms with Crippen LogP contribution in [0.2, 0.25) is 0 Å². The summed E-state index contributed by atoms with van der Waals surface area (Å²) in [4.78, 5) is 0. The fraction of sp³-hybridized carbons (Fsp3) is 0.538. The van der Waals surface area contributed by atoms with Crippen LogP contribution in [0.5, 0.6) is 17.2 Å². The Labute approximate surface area is 106 Å². The molecule has 0 aromatic heterocycles. The average Bonchev–Trinajstić information content (AvgIpc) is 2.33. The van der Waals surface area contributed by atoms with Crippen LogP contribution < -0.4 is 15.2 Å². The molecule has 0 bridgehead atoms. The highest BCUT2D eigenvalue weighted by Crippen LogP contribution is 2.53. The SMILES string of the molecule is COc1cc(F)c(O)c(C2(CN)CCC2)c1OC. The van der Waals surface area contributed by atoms with Crippen LogP contribution in [0.4, 0.5) is 4.39 Å². The quantitative estimate of drug-likeness (QED) is 0.862. The van der Waals surface area contributed by atoms with Gasteiger partial charge >= 0.3 is 0 Å². The van der Waals surface area contributed by atoms with Crippen LogP contribution >= 0.6 is 0 Å². The number of methoxy groups -OCH3 is 2. The number of hydrogen-bond donors (Lipinski definition) is 2. The van der Waals surface area contributed by atoms with Crippen LogP contribution in [-0.2, 0) is 5.41 Å². The first-order valence-corrected chi connectivity index (χ1v) is 5.93. The van der Waals surface area contributed by atoms with E-state index >= 15 is 0 Å². The summed E-state index contributed by atoms with van der Waals surface area (Å²) in [6.45, 7) is 0.351. The predicted octanol–water partition coefficient (Wildman–Crippen LogP) is 1.93. The van der Waals surface area contributed by atoms with Crippen LogP contribution in [0.1, 0.15) is 24.8 Å². The Morgan fingerprint density at radius 2 is 2.06 bits per heavy atom. The molecule has 1 aromatic rings. The zero-order valence-corrected chi connectivity index (χ0v) is 10.6. The lowest BCUT2D eigenvalue weighted by Gasteiger charge is -2.42. The zero-order chi connectivity index (χ0) is 13.3. The van der Waals surface area contributed by atoms with Crippen molar-refractivity contribution < 1.29 is 19.0 Å². The highest BCUT2D eigenvalue weighted by atomic mass is 19.1. The van der Waals surface area contributed by atoms with Gasteiger partial charge in [0.25, 0.3) is 0 Å². The van der Waals surface area contributed by atoms with Crippen molar-refractivity contribution in [1.29, 1.82) is 0 Å². The molecule has 18 heavy (non-hydrogen) atoms. The molecule has 5 heteroatoms. The Kier molecular flexibility index (Phi) is 3.34. The molecule has 2 rings (SSSR count). The summed E-state index contributed by atoms with van der Waals surface area (Å²) in [5.74, 6) is -0.427. The molecule has 1 aliphatic carbocycles. The third-order valence-electron chi connectivity index (χ3n) is 3.83. The van der Waals surface area contributed by atoms with Crippen molar-refractivity contribution in [2.75, 3.05) is 20.8 Å². The second-order valence-corrected chi connectivity index (χ2v) is 4.66. The summed E-state index contributed by atoms with van der Waals surface area (Å²) in [5, 5.41) is 10.00. The summed E-state index contributed by atoms with van der Waals surface area (Å²) in [5.41, 5.74) is 5.85. The van der Waals surface area contributed by atoms with Crippen LogP contribution in [0.25, 0.3) is 0 Å². The molecule has 1 aromatic carbocycles. The van der Waals surface area contributed by atoms with E-state index in [9.17, 15) is 9.50 Å². The smallest absolute Gasteiger partial charge is 0.169 e. The van der Waals surface area contributed by atoms with Crippen LogP contribution in [-0.4, -0.2) is 25.9 Å². The molecule has 0 spiro atoms. The van der Waals surface area contributed by atoms with Crippen molar-refractivity contribution in [1.82, 2.24) is 0 Å². The van der Waals surface area contributed by atoms with Gasteiger partial charge in [-0.1, -0.05) is 6.42 Å². The van der Waals surface area contributed by atoms with E-state index in [0.717, 1.165) is 25.3 Å². The van der Waals surface area contributed by atoms with Gasteiger partial charge in [-0.2, -0.15) is 0 Å². The number of nitrogens with two attached hydrogens (primary N) is 1. The maximum Gasteiger partial charge on any atom is 0.169 e. The van der Waals surface area contributed by atoms with Gasteiger partial charge in [-0.3, -0.25) is 0 Å². The van der Waals surface area contributed by atoms with Crippen LogP contribution in [0.3, 0.4) is 0 Å². The first kappa shape index (κ1) is 13.0. The molecule has 0 atom stereocenters. The van der Waals surface area contributed by atoms with Crippen molar-refractivity contribution in [3.05, 3.63) is 17.4 Å². The van der Waals surface area contributed by atoms with Crippen molar-refractivity contribution in [2.45, 2.75) is 24.7 Å². The summed E-state index contributed by atoms with van der Waals surface area (Å²) in [7, 11) is 2.91. The maximum absolute atomic E-state index is 13.7. The molecular weight excluding hydrogens is 237 g/mol. The zero-order valence-electron chi connectivity index (χ0n) is 10.6. The first-order valence-electron chi connectivity index (χ1n) is 5.93. The fourth-order valence-electron chi connectivity index (χ4n) is 2.61. The topological polar surface area (TPSA) is 64.7 Å². The maximum atomic E-state index is 13.7. The van der Waals surface area contributed by atoms with Gasteiger partial charge in [0.05, 0.1) is 19.8 Å². The van der Waals surface area contributed by atoms with Gasteiger partial charge in [0.15, 0.2) is 23.1 Å². The van der Waals surface area contributed by atoms with Gasteiger partial charge in [0, 0.05) is 18.0 Å². The Morgan fingerprint density at radius 1 is 1.39 bits per heavy atom. The van der Waals surface area contributed by atoms with Gasteiger partial charge in [-0.05, 0) is 12.8 Å². The number of aromatic hydroxyl groups is 1. The highest BCUT2D eigenvalue weighted by molar-refractivity contribution is 5.58. The second kappa shape index (κ2) is 4.65. The number of ether oxygens (including phenoxy) is 2. The monoisotopic (exact) mass is 255 g/mol. The Morgan fingerprint density at radius 3 is 2.44 bits per heavy atom. The largest absolute Gasteiger partial charge is 0.505 e. The Hall–Kier alpha value is -1.49. The normalized spacial score (nSPS) is 17.1. The third kappa shape index (κ3) is 1.70. The minimum absolute atomic E-state index is 0.280. The summed E-state index contributed by atoms with van der Waals surface area (Å²) < 4.78 is 24.1.